The first-order valence-corrected chi connectivity index (χ1v) is 10.4. The molecule has 0 radical (unpaired) electrons. The van der Waals surface area contributed by atoms with Crippen LogP contribution in [0.1, 0.15) is 45.1 Å². The number of amides is 5. The van der Waals surface area contributed by atoms with Crippen molar-refractivity contribution in [2.45, 2.75) is 56.5 Å². The van der Waals surface area contributed by atoms with E-state index in [1.807, 2.05) is 12.1 Å². The number of nitrogens with one attached hydrogen (secondary N) is 4. The molecule has 1 heterocycles. The largest absolute Gasteiger partial charge is 0.337 e. The minimum absolute atomic E-state index is 0.00953. The van der Waals surface area contributed by atoms with Gasteiger partial charge < -0.3 is 16.0 Å². The molecular weight excluding hydrogens is 380 g/mol. The van der Waals surface area contributed by atoms with Crippen LogP contribution in [-0.2, 0) is 10.2 Å². The fourth-order valence-corrected chi connectivity index (χ4v) is 4.39. The summed E-state index contributed by atoms with van der Waals surface area (Å²) in [5.74, 6) is -0.257. The zero-order chi connectivity index (χ0) is 21.4. The number of benzene rings is 2. The second-order valence-electron chi connectivity index (χ2n) is 9.04. The van der Waals surface area contributed by atoms with E-state index in [-0.39, 0.29) is 23.4 Å². The smallest absolute Gasteiger partial charge is 0.322 e. The number of urea groups is 2. The third-order valence-corrected chi connectivity index (χ3v) is 6.41. The predicted molar refractivity (Wildman–Crippen MR) is 115 cm³/mol. The average molecular weight is 409 g/mol. The predicted octanol–water partition coefficient (Wildman–Crippen LogP) is 2.94. The van der Waals surface area contributed by atoms with Gasteiger partial charge in [0.05, 0.1) is 0 Å². The van der Waals surface area contributed by atoms with E-state index in [1.54, 1.807) is 0 Å². The summed E-state index contributed by atoms with van der Waals surface area (Å²) in [6, 6.07) is 14.0. The Kier molecular flexibility index (Phi) is 5.13. The zero-order valence-electron chi connectivity index (χ0n) is 17.4. The van der Waals surface area contributed by atoms with Gasteiger partial charge in [-0.2, -0.15) is 0 Å². The van der Waals surface area contributed by atoms with Crippen LogP contribution in [0.3, 0.4) is 0 Å². The van der Waals surface area contributed by atoms with Crippen molar-refractivity contribution in [1.29, 1.82) is 0 Å². The molecule has 2 aromatic rings. The molecule has 0 bridgehead atoms. The first-order chi connectivity index (χ1) is 14.3. The van der Waals surface area contributed by atoms with Gasteiger partial charge in [0, 0.05) is 18.0 Å². The van der Waals surface area contributed by atoms with Gasteiger partial charge in [-0.3, -0.25) is 10.1 Å². The molecule has 2 aliphatic rings. The Morgan fingerprint density at radius 1 is 1.10 bits per heavy atom. The summed E-state index contributed by atoms with van der Waals surface area (Å²) in [5, 5.41) is 13.4. The van der Waals surface area contributed by atoms with Crippen molar-refractivity contribution in [3.8, 4) is 0 Å². The number of hydrogen-bond acceptors (Lipinski definition) is 3. The summed E-state index contributed by atoms with van der Waals surface area (Å²) >= 11 is 0. The second-order valence-corrected chi connectivity index (χ2v) is 9.04. The van der Waals surface area contributed by atoms with Crippen LogP contribution in [0.25, 0.3) is 10.8 Å². The lowest BCUT2D eigenvalue weighted by Gasteiger charge is -2.35. The summed E-state index contributed by atoms with van der Waals surface area (Å²) in [6.45, 7) is 4.73. The van der Waals surface area contributed by atoms with E-state index in [0.717, 1.165) is 0 Å². The van der Waals surface area contributed by atoms with E-state index in [9.17, 15) is 14.4 Å². The fourth-order valence-electron chi connectivity index (χ4n) is 4.39. The van der Waals surface area contributed by atoms with Crippen LogP contribution < -0.4 is 21.3 Å². The molecule has 158 valence electrons. The minimum Gasteiger partial charge on any atom is -0.337 e. The number of imide groups is 1. The molecule has 7 heteroatoms. The van der Waals surface area contributed by atoms with Gasteiger partial charge in [-0.05, 0) is 42.0 Å². The number of fused-ring (bicyclic) bond motifs is 1. The average Bonchev–Trinajstić information content (AvgIpc) is 3.00. The highest BCUT2D eigenvalue weighted by atomic mass is 16.2. The van der Waals surface area contributed by atoms with Crippen molar-refractivity contribution in [3.63, 3.8) is 0 Å². The van der Waals surface area contributed by atoms with Crippen LogP contribution in [0.15, 0.2) is 42.5 Å². The van der Waals surface area contributed by atoms with Gasteiger partial charge in [0.15, 0.2) is 0 Å². The maximum atomic E-state index is 12.5. The number of rotatable bonds is 4. The fraction of sp³-hybridized carbons (Fsp3) is 0.435. The van der Waals surface area contributed by atoms with E-state index in [1.165, 1.54) is 16.3 Å². The van der Waals surface area contributed by atoms with Crippen molar-refractivity contribution in [2.75, 3.05) is 6.54 Å². The van der Waals surface area contributed by atoms with E-state index in [2.05, 4.69) is 65.4 Å². The highest BCUT2D eigenvalue weighted by Gasteiger charge is 2.48. The zero-order valence-corrected chi connectivity index (χ0v) is 17.4. The molecule has 4 N–H and O–H groups in total. The Morgan fingerprint density at radius 3 is 2.47 bits per heavy atom. The van der Waals surface area contributed by atoms with Crippen molar-refractivity contribution >= 4 is 28.7 Å². The van der Waals surface area contributed by atoms with Gasteiger partial charge in [0.1, 0.15) is 5.54 Å². The molecular formula is C23H28N4O3. The molecule has 2 fully saturated rings. The summed E-state index contributed by atoms with van der Waals surface area (Å²) in [6.07, 6.45) is 2.35. The Bertz CT molecular complexity index is 993. The number of hydrogen-bond donors (Lipinski definition) is 4. The molecule has 5 amide bonds. The van der Waals surface area contributed by atoms with Crippen molar-refractivity contribution in [2.24, 2.45) is 0 Å². The Morgan fingerprint density at radius 2 is 1.80 bits per heavy atom. The van der Waals surface area contributed by atoms with E-state index in [0.29, 0.717) is 32.2 Å². The highest BCUT2D eigenvalue weighted by molar-refractivity contribution is 6.07. The molecule has 1 spiro atoms. The SMILES string of the molecule is CC(C)(CNC(=O)NC1CCC2(CC1)NC(=O)NC2=O)c1ccc2ccccc2c1. The number of carbonyl (C=O) groups is 3. The summed E-state index contributed by atoms with van der Waals surface area (Å²) < 4.78 is 0. The van der Waals surface area contributed by atoms with Gasteiger partial charge in [-0.15, -0.1) is 0 Å². The molecule has 1 aliphatic carbocycles. The summed E-state index contributed by atoms with van der Waals surface area (Å²) in [5.41, 5.74) is 0.151. The second kappa shape index (κ2) is 7.63. The van der Waals surface area contributed by atoms with Crippen LogP contribution in [0, 0.1) is 0 Å². The lowest BCUT2D eigenvalue weighted by Crippen LogP contribution is -2.54. The van der Waals surface area contributed by atoms with Gasteiger partial charge in [-0.1, -0.05) is 56.3 Å². The molecule has 1 saturated carbocycles. The lowest BCUT2D eigenvalue weighted by atomic mass is 9.79. The van der Waals surface area contributed by atoms with Crippen LogP contribution in [0.4, 0.5) is 9.59 Å². The molecule has 30 heavy (non-hydrogen) atoms. The first kappa shape index (κ1) is 20.2. The van der Waals surface area contributed by atoms with Gasteiger partial charge in [-0.25, -0.2) is 9.59 Å². The summed E-state index contributed by atoms with van der Waals surface area (Å²) in [4.78, 5) is 35.9. The quantitative estimate of drug-likeness (QED) is 0.585. The molecule has 0 unspecified atom stereocenters. The van der Waals surface area contributed by atoms with Crippen LogP contribution in [0.2, 0.25) is 0 Å². The Labute approximate surface area is 176 Å². The Hall–Kier alpha value is -3.09. The highest BCUT2D eigenvalue weighted by Crippen LogP contribution is 2.31. The standard InChI is InChI=1S/C23H28N4O3/c1-22(2,17-8-7-15-5-3-4-6-16(15)13-17)14-24-20(29)25-18-9-11-23(12-10-18)19(28)26-21(30)27-23/h3-8,13,18H,9-12,14H2,1-2H3,(H2,24,25,29)(H2,26,27,28,30). The monoisotopic (exact) mass is 408 g/mol. The topological polar surface area (TPSA) is 99.3 Å². The van der Waals surface area contributed by atoms with Crippen molar-refractivity contribution in [3.05, 3.63) is 48.0 Å². The van der Waals surface area contributed by atoms with Gasteiger partial charge >= 0.3 is 12.1 Å². The number of carbonyl (C=O) groups excluding carboxylic acids is 3. The third-order valence-electron chi connectivity index (χ3n) is 6.41. The van der Waals surface area contributed by atoms with Crippen molar-refractivity contribution in [1.82, 2.24) is 21.3 Å². The third kappa shape index (κ3) is 3.97. The lowest BCUT2D eigenvalue weighted by molar-refractivity contribution is -0.125. The maximum Gasteiger partial charge on any atom is 0.322 e. The van der Waals surface area contributed by atoms with Crippen LogP contribution in [0.5, 0.6) is 0 Å². The minimum atomic E-state index is -0.802. The van der Waals surface area contributed by atoms with E-state index >= 15 is 0 Å². The molecule has 0 aromatic heterocycles. The molecule has 0 atom stereocenters. The van der Waals surface area contributed by atoms with Gasteiger partial charge in [0.25, 0.3) is 5.91 Å². The van der Waals surface area contributed by atoms with Crippen LogP contribution >= 0.6 is 0 Å². The Balaban J connectivity index is 1.30. The van der Waals surface area contributed by atoms with Crippen molar-refractivity contribution < 1.29 is 14.4 Å². The van der Waals surface area contributed by atoms with Gasteiger partial charge in [0.2, 0.25) is 0 Å². The first-order valence-electron chi connectivity index (χ1n) is 10.4. The molecule has 2 aromatic carbocycles. The normalized spacial score (nSPS) is 23.9. The van der Waals surface area contributed by atoms with E-state index < -0.39 is 11.6 Å². The maximum absolute atomic E-state index is 12.5. The molecule has 1 saturated heterocycles. The van der Waals surface area contributed by atoms with Crippen LogP contribution in [-0.4, -0.2) is 36.1 Å². The van der Waals surface area contributed by atoms with E-state index in [4.69, 9.17) is 0 Å². The molecule has 1 aliphatic heterocycles. The summed E-state index contributed by atoms with van der Waals surface area (Å²) in [7, 11) is 0. The molecule has 7 nitrogen and oxygen atoms in total. The molecule has 4 rings (SSSR count).